The first-order valence-corrected chi connectivity index (χ1v) is 12.4. The first kappa shape index (κ1) is 22.7. The lowest BCUT2D eigenvalue weighted by Gasteiger charge is -2.14. The highest BCUT2D eigenvalue weighted by Crippen LogP contribution is 2.35. The third kappa shape index (κ3) is 4.49. The molecule has 32 heavy (non-hydrogen) atoms. The van der Waals surface area contributed by atoms with E-state index in [9.17, 15) is 9.59 Å². The summed E-state index contributed by atoms with van der Waals surface area (Å²) >= 11 is 2.94. The van der Waals surface area contributed by atoms with Gasteiger partial charge in [0.1, 0.15) is 4.83 Å². The number of aromatic nitrogens is 2. The summed E-state index contributed by atoms with van der Waals surface area (Å²) in [6.07, 6.45) is 4.85. The van der Waals surface area contributed by atoms with Crippen LogP contribution >= 0.6 is 23.1 Å². The number of carbonyl (C=O) groups is 1. The van der Waals surface area contributed by atoms with Gasteiger partial charge in [0.25, 0.3) is 5.56 Å². The number of fused-ring (bicyclic) bond motifs is 3. The van der Waals surface area contributed by atoms with Crippen LogP contribution < -0.4 is 20.3 Å². The molecule has 0 saturated carbocycles. The molecule has 1 aliphatic rings. The average molecular weight is 474 g/mol. The van der Waals surface area contributed by atoms with Gasteiger partial charge in [-0.25, -0.2) is 4.98 Å². The SMILES string of the molecule is CNC(=O)CSc1nc2sc3c(c2c(=O)n1CCc1ccc(OC)c(OC)c1)CCCC3. The summed E-state index contributed by atoms with van der Waals surface area (Å²) in [4.78, 5) is 32.4. The van der Waals surface area contributed by atoms with Crippen LogP contribution in [-0.2, 0) is 30.6 Å². The van der Waals surface area contributed by atoms with Gasteiger partial charge in [-0.15, -0.1) is 11.3 Å². The van der Waals surface area contributed by atoms with Crippen LogP contribution in [0.4, 0.5) is 0 Å². The minimum atomic E-state index is -0.0961. The van der Waals surface area contributed by atoms with Gasteiger partial charge in [0.05, 0.1) is 25.4 Å². The van der Waals surface area contributed by atoms with Crippen molar-refractivity contribution in [2.24, 2.45) is 0 Å². The highest BCUT2D eigenvalue weighted by atomic mass is 32.2. The maximum atomic E-state index is 13.6. The monoisotopic (exact) mass is 473 g/mol. The lowest BCUT2D eigenvalue weighted by Crippen LogP contribution is -2.26. The van der Waals surface area contributed by atoms with E-state index in [4.69, 9.17) is 14.5 Å². The van der Waals surface area contributed by atoms with Crippen molar-refractivity contribution in [1.82, 2.24) is 14.9 Å². The van der Waals surface area contributed by atoms with Crippen LogP contribution in [0, 0.1) is 0 Å². The quantitative estimate of drug-likeness (QED) is 0.399. The second kappa shape index (κ2) is 9.95. The average Bonchev–Trinajstić information content (AvgIpc) is 3.20. The molecule has 1 aliphatic carbocycles. The highest BCUT2D eigenvalue weighted by Gasteiger charge is 2.22. The van der Waals surface area contributed by atoms with Crippen LogP contribution in [0.3, 0.4) is 0 Å². The number of amides is 1. The summed E-state index contributed by atoms with van der Waals surface area (Å²) in [6, 6.07) is 5.77. The van der Waals surface area contributed by atoms with E-state index in [0.29, 0.717) is 29.6 Å². The van der Waals surface area contributed by atoms with E-state index in [1.165, 1.54) is 22.2 Å². The van der Waals surface area contributed by atoms with Crippen molar-refractivity contribution in [3.05, 3.63) is 44.6 Å². The molecule has 1 amide bonds. The van der Waals surface area contributed by atoms with Gasteiger partial charge in [-0.2, -0.15) is 0 Å². The Hall–Kier alpha value is -2.52. The molecule has 9 heteroatoms. The Balaban J connectivity index is 1.71. The lowest BCUT2D eigenvalue weighted by molar-refractivity contribution is -0.118. The fraction of sp³-hybridized carbons (Fsp3) is 0.435. The predicted molar refractivity (Wildman–Crippen MR) is 129 cm³/mol. The number of aryl methyl sites for hydroxylation is 3. The van der Waals surface area contributed by atoms with Crippen LogP contribution in [0.15, 0.2) is 28.2 Å². The zero-order chi connectivity index (χ0) is 22.7. The van der Waals surface area contributed by atoms with E-state index < -0.39 is 0 Å². The van der Waals surface area contributed by atoms with Crippen molar-refractivity contribution >= 4 is 39.2 Å². The largest absolute Gasteiger partial charge is 0.493 e. The molecule has 0 atom stereocenters. The number of ether oxygens (including phenoxy) is 2. The minimum Gasteiger partial charge on any atom is -0.493 e. The van der Waals surface area contributed by atoms with Gasteiger partial charge in [0.15, 0.2) is 16.7 Å². The van der Waals surface area contributed by atoms with E-state index in [-0.39, 0.29) is 17.2 Å². The van der Waals surface area contributed by atoms with E-state index in [2.05, 4.69) is 5.32 Å². The summed E-state index contributed by atoms with van der Waals surface area (Å²) in [7, 11) is 4.82. The summed E-state index contributed by atoms with van der Waals surface area (Å²) in [5.74, 6) is 1.45. The number of thioether (sulfide) groups is 1. The predicted octanol–water partition coefficient (Wildman–Crippen LogP) is 3.43. The number of methoxy groups -OCH3 is 2. The molecule has 2 aromatic heterocycles. The van der Waals surface area contributed by atoms with E-state index in [1.54, 1.807) is 37.2 Å². The highest BCUT2D eigenvalue weighted by molar-refractivity contribution is 7.99. The second-order valence-electron chi connectivity index (χ2n) is 7.64. The molecule has 0 bridgehead atoms. The van der Waals surface area contributed by atoms with Gasteiger partial charge < -0.3 is 14.8 Å². The molecule has 7 nitrogen and oxygen atoms in total. The standard InChI is InChI=1S/C23H27N3O4S2/c1-24-19(27)13-31-23-25-21-20(15-6-4-5-7-18(15)32-21)22(28)26(23)11-10-14-8-9-16(29-2)17(12-14)30-3/h8-9,12H,4-7,10-11,13H2,1-3H3,(H,24,27). The number of thiophene rings is 1. The first-order chi connectivity index (χ1) is 15.5. The molecule has 1 N–H and O–H groups in total. The number of nitrogens with zero attached hydrogens (tertiary/aromatic N) is 2. The minimum absolute atomic E-state index is 0.00529. The Kier molecular flexibility index (Phi) is 7.05. The third-order valence-corrected chi connectivity index (χ3v) is 7.89. The van der Waals surface area contributed by atoms with Crippen LogP contribution in [0.5, 0.6) is 11.5 Å². The molecule has 0 saturated heterocycles. The van der Waals surface area contributed by atoms with Gasteiger partial charge in [0, 0.05) is 18.5 Å². The molecule has 2 heterocycles. The fourth-order valence-electron chi connectivity index (χ4n) is 4.01. The number of benzene rings is 1. The molecule has 170 valence electrons. The fourth-order valence-corrected chi connectivity index (χ4v) is 6.21. The lowest BCUT2D eigenvalue weighted by atomic mass is 9.97. The normalized spacial score (nSPS) is 13.1. The molecule has 0 fully saturated rings. The molecule has 3 aromatic rings. The Morgan fingerprint density at radius 3 is 2.75 bits per heavy atom. The zero-order valence-electron chi connectivity index (χ0n) is 18.5. The van der Waals surface area contributed by atoms with Crippen molar-refractivity contribution in [2.75, 3.05) is 27.0 Å². The molecule has 1 aromatic carbocycles. The van der Waals surface area contributed by atoms with E-state index in [0.717, 1.165) is 41.5 Å². The number of carbonyl (C=O) groups excluding carboxylic acids is 1. The summed E-state index contributed by atoms with van der Waals surface area (Å²) < 4.78 is 12.5. The summed E-state index contributed by atoms with van der Waals surface area (Å²) in [6.45, 7) is 0.470. The van der Waals surface area contributed by atoms with Crippen LogP contribution in [0.1, 0.15) is 28.8 Å². The molecule has 4 rings (SSSR count). The van der Waals surface area contributed by atoms with E-state index >= 15 is 0 Å². The van der Waals surface area contributed by atoms with Gasteiger partial charge in [-0.1, -0.05) is 17.8 Å². The smallest absolute Gasteiger partial charge is 0.263 e. The first-order valence-electron chi connectivity index (χ1n) is 10.6. The van der Waals surface area contributed by atoms with Crippen molar-refractivity contribution in [3.63, 3.8) is 0 Å². The van der Waals surface area contributed by atoms with Crippen molar-refractivity contribution in [2.45, 2.75) is 43.8 Å². The van der Waals surface area contributed by atoms with Crippen molar-refractivity contribution in [3.8, 4) is 11.5 Å². The molecular weight excluding hydrogens is 446 g/mol. The Morgan fingerprint density at radius 1 is 1.22 bits per heavy atom. The number of nitrogens with one attached hydrogen (secondary N) is 1. The van der Waals surface area contributed by atoms with Crippen molar-refractivity contribution in [1.29, 1.82) is 0 Å². The van der Waals surface area contributed by atoms with Crippen molar-refractivity contribution < 1.29 is 14.3 Å². The maximum absolute atomic E-state index is 13.6. The van der Waals surface area contributed by atoms with Gasteiger partial charge in [-0.05, 0) is 55.4 Å². The second-order valence-corrected chi connectivity index (χ2v) is 9.67. The Labute approximate surface area is 195 Å². The number of rotatable bonds is 8. The molecule has 0 aliphatic heterocycles. The Bertz CT molecular complexity index is 1200. The van der Waals surface area contributed by atoms with Gasteiger partial charge in [0.2, 0.25) is 5.91 Å². The summed E-state index contributed by atoms with van der Waals surface area (Å²) in [5.41, 5.74) is 2.20. The van der Waals surface area contributed by atoms with Crippen LogP contribution in [0.25, 0.3) is 10.2 Å². The van der Waals surface area contributed by atoms with E-state index in [1.807, 2.05) is 18.2 Å². The maximum Gasteiger partial charge on any atom is 0.263 e. The number of hydrogen-bond acceptors (Lipinski definition) is 7. The molecule has 0 unspecified atom stereocenters. The molecular formula is C23H27N3O4S2. The van der Waals surface area contributed by atoms with Gasteiger partial charge in [-0.3, -0.25) is 14.2 Å². The molecule has 0 spiro atoms. The number of hydrogen-bond donors (Lipinski definition) is 1. The topological polar surface area (TPSA) is 82.5 Å². The molecule has 0 radical (unpaired) electrons. The third-order valence-electron chi connectivity index (χ3n) is 5.72. The summed E-state index contributed by atoms with van der Waals surface area (Å²) in [5, 5.41) is 3.98. The van der Waals surface area contributed by atoms with Crippen LogP contribution in [-0.4, -0.2) is 42.5 Å². The Morgan fingerprint density at radius 2 is 2.00 bits per heavy atom. The zero-order valence-corrected chi connectivity index (χ0v) is 20.2. The van der Waals surface area contributed by atoms with Gasteiger partial charge >= 0.3 is 0 Å². The van der Waals surface area contributed by atoms with Crippen LogP contribution in [0.2, 0.25) is 0 Å².